The Morgan fingerprint density at radius 3 is 2.38 bits per heavy atom. The molecule has 1 N–H and O–H groups in total. The van der Waals surface area contributed by atoms with Crippen molar-refractivity contribution >= 4 is 27.4 Å². The second-order valence-corrected chi connectivity index (χ2v) is 8.71. The number of halogens is 1. The maximum atomic E-state index is 13.4. The fraction of sp³-hybridized carbons (Fsp3) is 0.217. The molecule has 148 valence electrons. The number of nitrogens with one attached hydrogen (secondary N) is 1. The summed E-state index contributed by atoms with van der Waals surface area (Å²) in [4.78, 5) is 14.0. The van der Waals surface area contributed by atoms with Gasteiger partial charge in [0, 0.05) is 9.83 Å². The first-order valence-electron chi connectivity index (χ1n) is 9.51. The summed E-state index contributed by atoms with van der Waals surface area (Å²) < 4.78 is 13.4. The van der Waals surface area contributed by atoms with Crippen LogP contribution in [0.2, 0.25) is 0 Å². The normalized spacial score (nSPS) is 21.9. The third-order valence-electron chi connectivity index (χ3n) is 5.43. The number of rotatable bonds is 4. The maximum Gasteiger partial charge on any atom is 0.283 e. The van der Waals surface area contributed by atoms with Crippen LogP contribution >= 0.6 is 11.8 Å². The summed E-state index contributed by atoms with van der Waals surface area (Å²) in [7, 11) is 3.88. The van der Waals surface area contributed by atoms with E-state index in [1.165, 1.54) is 23.9 Å². The molecule has 4 nitrogen and oxygen atoms in total. The van der Waals surface area contributed by atoms with E-state index in [1.54, 1.807) is 12.1 Å². The molecule has 4 rings (SSSR count). The van der Waals surface area contributed by atoms with Crippen LogP contribution in [0, 0.1) is 15.9 Å². The van der Waals surface area contributed by atoms with Crippen molar-refractivity contribution in [1.29, 1.82) is 0 Å². The Morgan fingerprint density at radius 1 is 1.00 bits per heavy atom. The molecule has 0 saturated carbocycles. The molecule has 0 bridgehead atoms. The van der Waals surface area contributed by atoms with E-state index in [1.807, 2.05) is 62.6 Å². The first kappa shape index (κ1) is 19.6. The van der Waals surface area contributed by atoms with Crippen molar-refractivity contribution in [2.45, 2.75) is 17.3 Å². The highest BCUT2D eigenvalue weighted by Crippen LogP contribution is 2.48. The number of quaternary nitrogens is 1. The van der Waals surface area contributed by atoms with E-state index in [2.05, 4.69) is 0 Å². The highest BCUT2D eigenvalue weighted by atomic mass is 32.2. The van der Waals surface area contributed by atoms with Gasteiger partial charge in [0.15, 0.2) is 6.04 Å². The van der Waals surface area contributed by atoms with Crippen LogP contribution in [0.25, 0.3) is 15.7 Å². The standard InChI is InChI=1S/C23H21FN2O2S/c1-25(2)20-14-21(16-10-12-17(24)13-11-16)29-23(22(20)26(27)28)19-9-5-7-15-6-3-4-8-18(15)19/h3-14,20,22-23H,1-2H3/p+1/t20-,22+,23+/m0/s1. The molecule has 0 radical (unpaired) electrons. The van der Waals surface area contributed by atoms with Crippen LogP contribution < -0.4 is 4.90 Å². The summed E-state index contributed by atoms with van der Waals surface area (Å²) >= 11 is 1.50. The van der Waals surface area contributed by atoms with E-state index >= 15 is 0 Å². The average molecular weight is 410 g/mol. The van der Waals surface area contributed by atoms with Gasteiger partial charge in [0.05, 0.1) is 14.1 Å². The van der Waals surface area contributed by atoms with Crippen molar-refractivity contribution in [1.82, 2.24) is 0 Å². The van der Waals surface area contributed by atoms with Crippen molar-refractivity contribution in [2.75, 3.05) is 14.1 Å². The van der Waals surface area contributed by atoms with Gasteiger partial charge in [-0.15, -0.1) is 11.8 Å². The summed E-state index contributed by atoms with van der Waals surface area (Å²) in [5, 5.41) is 13.9. The van der Waals surface area contributed by atoms with E-state index < -0.39 is 6.04 Å². The molecule has 0 fully saturated rings. The van der Waals surface area contributed by atoms with Crippen LogP contribution in [0.1, 0.15) is 16.4 Å². The van der Waals surface area contributed by atoms with Crippen LogP contribution in [0.3, 0.4) is 0 Å². The predicted molar refractivity (Wildman–Crippen MR) is 116 cm³/mol. The van der Waals surface area contributed by atoms with Gasteiger partial charge in [0.25, 0.3) is 6.04 Å². The molecule has 0 unspecified atom stereocenters. The number of thioether (sulfide) groups is 1. The van der Waals surface area contributed by atoms with E-state index in [4.69, 9.17) is 0 Å². The lowest BCUT2D eigenvalue weighted by atomic mass is 9.93. The molecule has 1 heterocycles. The molecule has 3 atom stereocenters. The molecule has 0 aliphatic carbocycles. The fourth-order valence-electron chi connectivity index (χ4n) is 3.97. The van der Waals surface area contributed by atoms with Gasteiger partial charge in [-0.2, -0.15) is 0 Å². The quantitative estimate of drug-likeness (QED) is 0.524. The number of nitro groups is 1. The maximum absolute atomic E-state index is 13.4. The molecular formula is C23H22FN2O2S+. The second kappa shape index (κ2) is 7.97. The minimum atomic E-state index is -0.764. The van der Waals surface area contributed by atoms with E-state index in [0.717, 1.165) is 31.7 Å². The summed E-state index contributed by atoms with van der Waals surface area (Å²) in [5.74, 6) is -0.293. The van der Waals surface area contributed by atoms with Gasteiger partial charge in [0.1, 0.15) is 11.1 Å². The number of hydrogen-bond donors (Lipinski definition) is 1. The van der Waals surface area contributed by atoms with Crippen molar-refractivity contribution in [3.63, 3.8) is 0 Å². The Kier molecular flexibility index (Phi) is 5.39. The first-order valence-corrected chi connectivity index (χ1v) is 10.4. The molecule has 0 spiro atoms. The molecule has 1 aliphatic rings. The third-order valence-corrected chi connectivity index (χ3v) is 6.84. The van der Waals surface area contributed by atoms with Gasteiger partial charge in [-0.3, -0.25) is 10.1 Å². The van der Waals surface area contributed by atoms with E-state index in [-0.39, 0.29) is 22.0 Å². The van der Waals surface area contributed by atoms with Crippen LogP contribution in [-0.2, 0) is 0 Å². The average Bonchev–Trinajstić information content (AvgIpc) is 2.72. The van der Waals surface area contributed by atoms with Crippen molar-refractivity contribution in [2.24, 2.45) is 0 Å². The zero-order valence-corrected chi connectivity index (χ0v) is 17.0. The Hall–Kier alpha value is -2.70. The Bertz CT molecular complexity index is 1080. The highest BCUT2D eigenvalue weighted by Gasteiger charge is 2.47. The first-order chi connectivity index (χ1) is 14.0. The number of fused-ring (bicyclic) bond motifs is 1. The van der Waals surface area contributed by atoms with E-state index in [0.29, 0.717) is 0 Å². The van der Waals surface area contributed by atoms with Crippen molar-refractivity contribution in [3.05, 3.63) is 99.9 Å². The smallest absolute Gasteiger partial charge is 0.283 e. The minimum absolute atomic E-state index is 0.144. The van der Waals surface area contributed by atoms with Crippen LogP contribution in [0.5, 0.6) is 0 Å². The summed E-state index contributed by atoms with van der Waals surface area (Å²) in [6.07, 6.45) is 1.97. The van der Waals surface area contributed by atoms with Gasteiger partial charge >= 0.3 is 0 Å². The lowest BCUT2D eigenvalue weighted by Gasteiger charge is -2.33. The zero-order chi connectivity index (χ0) is 20.5. The van der Waals surface area contributed by atoms with Crippen molar-refractivity contribution in [3.8, 4) is 0 Å². The highest BCUT2D eigenvalue weighted by molar-refractivity contribution is 8.08. The molecule has 6 heteroatoms. The number of nitrogens with zero attached hydrogens (tertiary/aromatic N) is 1. The number of benzene rings is 3. The van der Waals surface area contributed by atoms with Crippen LogP contribution in [-0.4, -0.2) is 31.1 Å². The van der Waals surface area contributed by atoms with Gasteiger partial charge < -0.3 is 4.90 Å². The summed E-state index contributed by atoms with van der Waals surface area (Å²) in [5.41, 5.74) is 1.85. The second-order valence-electron chi connectivity index (χ2n) is 7.52. The van der Waals surface area contributed by atoms with Crippen molar-refractivity contribution < 1.29 is 14.2 Å². The van der Waals surface area contributed by atoms with Gasteiger partial charge in [-0.25, -0.2) is 4.39 Å². The van der Waals surface area contributed by atoms with Gasteiger partial charge in [-0.1, -0.05) is 54.6 Å². The zero-order valence-electron chi connectivity index (χ0n) is 16.2. The molecule has 0 saturated heterocycles. The van der Waals surface area contributed by atoms with E-state index in [9.17, 15) is 14.5 Å². The number of likely N-dealkylation sites (N-methyl/N-ethyl adjacent to an activating group) is 1. The minimum Gasteiger partial charge on any atom is -0.328 e. The Labute approximate surface area is 173 Å². The molecular weight excluding hydrogens is 387 g/mol. The largest absolute Gasteiger partial charge is 0.328 e. The Morgan fingerprint density at radius 2 is 1.69 bits per heavy atom. The van der Waals surface area contributed by atoms with Gasteiger partial charge in [-0.05, 0) is 40.1 Å². The SMILES string of the molecule is C[NH+](C)[C@H]1C=C(c2ccc(F)cc2)S[C@H](c2cccc3ccccc23)[C@@H]1[N+](=O)[O-]. The summed E-state index contributed by atoms with van der Waals surface area (Å²) in [6.45, 7) is 0. The predicted octanol–water partition coefficient (Wildman–Crippen LogP) is 3.97. The molecule has 3 aromatic rings. The lowest BCUT2D eigenvalue weighted by Crippen LogP contribution is -3.11. The Balaban J connectivity index is 1.88. The summed E-state index contributed by atoms with van der Waals surface area (Å²) in [6, 6.07) is 19.2. The third kappa shape index (κ3) is 3.78. The number of hydrogen-bond acceptors (Lipinski definition) is 3. The van der Waals surface area contributed by atoms with Gasteiger partial charge in [0.2, 0.25) is 0 Å². The van der Waals surface area contributed by atoms with Crippen LogP contribution in [0.4, 0.5) is 4.39 Å². The molecule has 1 aliphatic heterocycles. The molecule has 0 aromatic heterocycles. The molecule has 0 amide bonds. The monoisotopic (exact) mass is 409 g/mol. The van der Waals surface area contributed by atoms with Crippen LogP contribution in [0.15, 0.2) is 72.8 Å². The fourth-order valence-corrected chi connectivity index (χ4v) is 5.48. The topological polar surface area (TPSA) is 47.6 Å². The molecule has 3 aromatic carbocycles. The molecule has 29 heavy (non-hydrogen) atoms. The lowest BCUT2D eigenvalue weighted by molar-refractivity contribution is -0.892.